The molecule has 1 aliphatic heterocycles. The number of rotatable bonds is 8. The number of ether oxygens (including phenoxy) is 2. The Bertz CT molecular complexity index is 738. The second-order valence-electron chi connectivity index (χ2n) is 6.82. The zero-order valence-electron chi connectivity index (χ0n) is 15.8. The molecule has 3 rings (SSSR count). The summed E-state index contributed by atoms with van der Waals surface area (Å²) in [6, 6.07) is 14.9. The number of nitrogens with zero attached hydrogens (tertiary/aromatic N) is 1. The average molecular weight is 369 g/mol. The van der Waals surface area contributed by atoms with Crippen LogP contribution in [0.3, 0.4) is 0 Å². The van der Waals surface area contributed by atoms with Crippen molar-refractivity contribution in [1.29, 1.82) is 0 Å². The number of carbonyl (C=O) groups is 1. The summed E-state index contributed by atoms with van der Waals surface area (Å²) in [5, 5.41) is 10.1. The van der Waals surface area contributed by atoms with E-state index in [-0.39, 0.29) is 24.4 Å². The van der Waals surface area contributed by atoms with E-state index in [1.807, 2.05) is 36.4 Å². The van der Waals surface area contributed by atoms with Crippen LogP contribution in [0.1, 0.15) is 30.9 Å². The van der Waals surface area contributed by atoms with Crippen LogP contribution >= 0.6 is 0 Å². The summed E-state index contributed by atoms with van der Waals surface area (Å²) in [6.45, 7) is 3.64. The molecule has 1 unspecified atom stereocenters. The predicted molar refractivity (Wildman–Crippen MR) is 104 cm³/mol. The van der Waals surface area contributed by atoms with Crippen LogP contribution in [0.4, 0.5) is 0 Å². The number of aryl methyl sites for hydroxylation is 1. The lowest BCUT2D eigenvalue weighted by Crippen LogP contribution is -2.39. The van der Waals surface area contributed by atoms with Gasteiger partial charge in [-0.1, -0.05) is 37.3 Å². The Kier molecular flexibility index (Phi) is 6.71. The average Bonchev–Trinajstić information content (AvgIpc) is 3.21. The molecule has 1 heterocycles. The van der Waals surface area contributed by atoms with Crippen LogP contribution in [0.15, 0.2) is 48.5 Å². The van der Waals surface area contributed by atoms with Crippen LogP contribution in [0.5, 0.6) is 11.5 Å². The molecule has 0 aromatic heterocycles. The third-order valence-electron chi connectivity index (χ3n) is 4.85. The lowest BCUT2D eigenvalue weighted by atomic mass is 10.1. The maximum atomic E-state index is 12.8. The van der Waals surface area contributed by atoms with Gasteiger partial charge in [-0.15, -0.1) is 0 Å². The first-order valence-corrected chi connectivity index (χ1v) is 9.53. The Morgan fingerprint density at radius 2 is 2.00 bits per heavy atom. The summed E-state index contributed by atoms with van der Waals surface area (Å²) in [4.78, 5) is 14.5. The van der Waals surface area contributed by atoms with Gasteiger partial charge in [0.25, 0.3) is 5.91 Å². The van der Waals surface area contributed by atoms with Gasteiger partial charge in [-0.25, -0.2) is 0 Å². The van der Waals surface area contributed by atoms with Gasteiger partial charge in [-0.2, -0.15) is 0 Å². The van der Waals surface area contributed by atoms with Crippen molar-refractivity contribution in [3.05, 3.63) is 59.7 Å². The minimum absolute atomic E-state index is 0.0359. The van der Waals surface area contributed by atoms with Crippen molar-refractivity contribution in [3.63, 3.8) is 0 Å². The number of phenolic OH excluding ortho intramolecular Hbond substituents is 1. The maximum Gasteiger partial charge on any atom is 0.260 e. The third-order valence-corrected chi connectivity index (χ3v) is 4.85. The van der Waals surface area contributed by atoms with E-state index in [9.17, 15) is 9.90 Å². The van der Waals surface area contributed by atoms with Crippen molar-refractivity contribution in [1.82, 2.24) is 4.90 Å². The van der Waals surface area contributed by atoms with Crippen LogP contribution in [0.25, 0.3) is 0 Å². The Balaban J connectivity index is 1.64. The van der Waals surface area contributed by atoms with Gasteiger partial charge < -0.3 is 19.5 Å². The molecule has 1 N–H and O–H groups in total. The highest BCUT2D eigenvalue weighted by Gasteiger charge is 2.23. The third kappa shape index (κ3) is 5.47. The second-order valence-corrected chi connectivity index (χ2v) is 6.82. The first kappa shape index (κ1) is 19.2. The Morgan fingerprint density at radius 1 is 1.22 bits per heavy atom. The molecule has 27 heavy (non-hydrogen) atoms. The number of aromatic hydroxyl groups is 1. The number of benzene rings is 2. The maximum absolute atomic E-state index is 12.8. The van der Waals surface area contributed by atoms with Crippen molar-refractivity contribution in [3.8, 4) is 11.5 Å². The van der Waals surface area contributed by atoms with Gasteiger partial charge >= 0.3 is 0 Å². The molecule has 0 aliphatic carbocycles. The number of amides is 1. The van der Waals surface area contributed by atoms with Gasteiger partial charge in [-0.3, -0.25) is 4.79 Å². The number of para-hydroxylation sites is 1. The normalized spacial score (nSPS) is 16.3. The molecule has 5 nitrogen and oxygen atoms in total. The molecule has 1 saturated heterocycles. The highest BCUT2D eigenvalue weighted by atomic mass is 16.5. The van der Waals surface area contributed by atoms with Crippen molar-refractivity contribution in [2.75, 3.05) is 19.8 Å². The monoisotopic (exact) mass is 369 g/mol. The largest absolute Gasteiger partial charge is 0.508 e. The van der Waals surface area contributed by atoms with Crippen molar-refractivity contribution < 1.29 is 19.4 Å². The molecule has 1 aliphatic rings. The number of hydrogen-bond donors (Lipinski definition) is 1. The highest BCUT2D eigenvalue weighted by Crippen LogP contribution is 2.21. The van der Waals surface area contributed by atoms with E-state index in [4.69, 9.17) is 9.47 Å². The molecule has 2 aromatic carbocycles. The summed E-state index contributed by atoms with van der Waals surface area (Å²) in [6.07, 6.45) is 2.98. The van der Waals surface area contributed by atoms with E-state index >= 15 is 0 Å². The topological polar surface area (TPSA) is 59.0 Å². The Hall–Kier alpha value is -2.53. The molecule has 1 atom stereocenters. The van der Waals surface area contributed by atoms with Crippen LogP contribution in [-0.2, 0) is 22.5 Å². The fourth-order valence-electron chi connectivity index (χ4n) is 3.20. The van der Waals surface area contributed by atoms with E-state index in [1.54, 1.807) is 17.0 Å². The Morgan fingerprint density at radius 3 is 2.67 bits per heavy atom. The summed E-state index contributed by atoms with van der Waals surface area (Å²) in [5.41, 5.74) is 1.95. The van der Waals surface area contributed by atoms with E-state index < -0.39 is 0 Å². The van der Waals surface area contributed by atoms with Crippen LogP contribution in [0.2, 0.25) is 0 Å². The molecule has 1 amide bonds. The zero-order chi connectivity index (χ0) is 19.1. The molecule has 5 heteroatoms. The van der Waals surface area contributed by atoms with Gasteiger partial charge in [0.05, 0.1) is 6.10 Å². The van der Waals surface area contributed by atoms with Gasteiger partial charge in [0.1, 0.15) is 11.5 Å². The molecule has 0 saturated carbocycles. The second kappa shape index (κ2) is 9.42. The number of carbonyl (C=O) groups excluding carboxylic acids is 1. The van der Waals surface area contributed by atoms with Gasteiger partial charge in [0, 0.05) is 25.3 Å². The summed E-state index contributed by atoms with van der Waals surface area (Å²) in [5.74, 6) is 0.757. The predicted octanol–water partition coefficient (Wildman–Crippen LogP) is 3.54. The summed E-state index contributed by atoms with van der Waals surface area (Å²) in [7, 11) is 0. The van der Waals surface area contributed by atoms with E-state index in [1.165, 1.54) is 5.56 Å². The molecule has 2 aromatic rings. The SMILES string of the molecule is CCc1ccc(OCC(=O)N(Cc2ccccc2O)CC2CCCO2)cc1. The van der Waals surface area contributed by atoms with Gasteiger partial charge in [-0.05, 0) is 43.0 Å². The number of phenols is 1. The number of hydrogen-bond acceptors (Lipinski definition) is 4. The molecule has 144 valence electrons. The fourth-order valence-corrected chi connectivity index (χ4v) is 3.20. The first-order valence-electron chi connectivity index (χ1n) is 9.53. The fraction of sp³-hybridized carbons (Fsp3) is 0.409. The van der Waals surface area contributed by atoms with Crippen LogP contribution in [0, 0.1) is 0 Å². The van der Waals surface area contributed by atoms with Crippen molar-refractivity contribution >= 4 is 5.91 Å². The standard InChI is InChI=1S/C22H27NO4/c1-2-17-9-11-19(12-10-17)27-16-22(25)23(15-20-7-5-13-26-20)14-18-6-3-4-8-21(18)24/h3-4,6,8-12,20,24H,2,5,7,13-16H2,1H3. The Labute approximate surface area is 160 Å². The van der Waals surface area contributed by atoms with Crippen LogP contribution in [-0.4, -0.2) is 41.8 Å². The van der Waals surface area contributed by atoms with E-state index in [2.05, 4.69) is 6.92 Å². The van der Waals surface area contributed by atoms with Crippen molar-refractivity contribution in [2.24, 2.45) is 0 Å². The molecule has 1 fully saturated rings. The summed E-state index contributed by atoms with van der Waals surface area (Å²) >= 11 is 0. The van der Waals surface area contributed by atoms with Gasteiger partial charge in [0.15, 0.2) is 6.61 Å². The highest BCUT2D eigenvalue weighted by molar-refractivity contribution is 5.78. The molecular weight excluding hydrogens is 342 g/mol. The first-order chi connectivity index (χ1) is 13.2. The lowest BCUT2D eigenvalue weighted by Gasteiger charge is -2.26. The van der Waals surface area contributed by atoms with E-state index in [0.29, 0.717) is 18.8 Å². The minimum Gasteiger partial charge on any atom is -0.508 e. The molecule has 0 radical (unpaired) electrons. The van der Waals surface area contributed by atoms with Crippen LogP contribution < -0.4 is 4.74 Å². The summed E-state index contributed by atoms with van der Waals surface area (Å²) < 4.78 is 11.4. The molecular formula is C22H27NO4. The zero-order valence-corrected chi connectivity index (χ0v) is 15.8. The van der Waals surface area contributed by atoms with Gasteiger partial charge in [0.2, 0.25) is 0 Å². The van der Waals surface area contributed by atoms with Crippen molar-refractivity contribution in [2.45, 2.75) is 38.8 Å². The smallest absolute Gasteiger partial charge is 0.260 e. The quantitative estimate of drug-likeness (QED) is 0.773. The molecule has 0 spiro atoms. The lowest BCUT2D eigenvalue weighted by molar-refractivity contribution is -0.135. The molecule has 0 bridgehead atoms. The van der Waals surface area contributed by atoms with E-state index in [0.717, 1.165) is 31.4 Å². The minimum atomic E-state index is -0.117.